The zero-order chi connectivity index (χ0) is 24.5. The Balaban J connectivity index is 1.69. The number of benzene rings is 3. The molecule has 0 heterocycles. The number of carbonyl (C=O) groups excluding carboxylic acids is 1. The number of nitrogens with one attached hydrogen (secondary N) is 1. The zero-order valence-electron chi connectivity index (χ0n) is 19.2. The van der Waals surface area contributed by atoms with Crippen LogP contribution in [0.15, 0.2) is 72.3 Å². The number of halogens is 1. The molecular formula is C27H25ClN2O4. The van der Waals surface area contributed by atoms with Crippen LogP contribution in [-0.4, -0.2) is 19.1 Å². The van der Waals surface area contributed by atoms with Gasteiger partial charge in [0.15, 0.2) is 11.5 Å². The molecule has 7 heteroatoms. The Morgan fingerprint density at radius 2 is 1.82 bits per heavy atom. The van der Waals surface area contributed by atoms with Gasteiger partial charge in [-0.05, 0) is 67.4 Å². The van der Waals surface area contributed by atoms with Gasteiger partial charge in [0.1, 0.15) is 24.0 Å². The van der Waals surface area contributed by atoms with E-state index in [2.05, 4.69) is 5.32 Å². The Bertz CT molecular complexity index is 1200. The second-order valence-corrected chi connectivity index (χ2v) is 8.03. The Morgan fingerprint density at radius 3 is 2.44 bits per heavy atom. The molecule has 3 aromatic carbocycles. The molecule has 174 valence electrons. The van der Waals surface area contributed by atoms with E-state index in [1.807, 2.05) is 50.2 Å². The minimum atomic E-state index is -0.543. The summed E-state index contributed by atoms with van der Waals surface area (Å²) in [5.41, 5.74) is 2.05. The van der Waals surface area contributed by atoms with Crippen LogP contribution < -0.4 is 19.5 Å². The maximum Gasteiger partial charge on any atom is 0.266 e. The van der Waals surface area contributed by atoms with Crippen LogP contribution in [0.4, 0.5) is 5.69 Å². The van der Waals surface area contributed by atoms with Crippen molar-refractivity contribution in [1.29, 1.82) is 5.26 Å². The highest BCUT2D eigenvalue weighted by Crippen LogP contribution is 2.37. The van der Waals surface area contributed by atoms with Gasteiger partial charge in [0.05, 0.1) is 18.2 Å². The average Bonchev–Trinajstić information content (AvgIpc) is 2.83. The molecule has 0 radical (unpaired) electrons. The van der Waals surface area contributed by atoms with E-state index in [0.717, 1.165) is 5.56 Å². The number of methoxy groups -OCH3 is 1. The highest BCUT2D eigenvalue weighted by atomic mass is 35.5. The van der Waals surface area contributed by atoms with Gasteiger partial charge in [0, 0.05) is 5.69 Å². The van der Waals surface area contributed by atoms with Crippen LogP contribution in [-0.2, 0) is 11.4 Å². The first-order valence-corrected chi connectivity index (χ1v) is 11.0. The maximum absolute atomic E-state index is 12.7. The largest absolute Gasteiger partial charge is 0.493 e. The Morgan fingerprint density at radius 1 is 1.12 bits per heavy atom. The van der Waals surface area contributed by atoms with Gasteiger partial charge in [-0.15, -0.1) is 0 Å². The molecule has 1 N–H and O–H groups in total. The van der Waals surface area contributed by atoms with E-state index in [1.165, 1.54) is 13.2 Å². The number of amides is 1. The topological polar surface area (TPSA) is 80.6 Å². The summed E-state index contributed by atoms with van der Waals surface area (Å²) in [6.45, 7) is 4.20. The minimum absolute atomic E-state index is 0.0833. The summed E-state index contributed by atoms with van der Waals surface area (Å²) in [5.74, 6) is 0.950. The van der Waals surface area contributed by atoms with Crippen molar-refractivity contribution in [2.24, 2.45) is 0 Å². The third-order valence-corrected chi connectivity index (χ3v) is 4.92. The van der Waals surface area contributed by atoms with Crippen LogP contribution in [0.1, 0.15) is 25.0 Å². The van der Waals surface area contributed by atoms with Crippen LogP contribution in [0.3, 0.4) is 0 Å². The summed E-state index contributed by atoms with van der Waals surface area (Å²) in [6.07, 6.45) is 1.35. The fourth-order valence-electron chi connectivity index (χ4n) is 3.06. The molecule has 0 aliphatic rings. The SMILES string of the molecule is COc1cc(/C=C(\C#N)C(=O)Nc2ccc(OCc3ccccc3)cc2)cc(Cl)c1OC(C)C. The number of anilines is 1. The Hall–Kier alpha value is -3.95. The van der Waals surface area contributed by atoms with Gasteiger partial charge in [-0.25, -0.2) is 0 Å². The van der Waals surface area contributed by atoms with Gasteiger partial charge in [0.2, 0.25) is 0 Å². The molecule has 0 bridgehead atoms. The van der Waals surface area contributed by atoms with Crippen LogP contribution in [0.2, 0.25) is 5.02 Å². The first kappa shape index (κ1) is 24.7. The zero-order valence-corrected chi connectivity index (χ0v) is 19.9. The highest BCUT2D eigenvalue weighted by molar-refractivity contribution is 6.32. The van der Waals surface area contributed by atoms with Crippen molar-refractivity contribution in [2.75, 3.05) is 12.4 Å². The number of hydrogen-bond acceptors (Lipinski definition) is 5. The van der Waals surface area contributed by atoms with E-state index >= 15 is 0 Å². The standard InChI is InChI=1S/C27H25ClN2O4/c1-18(2)34-26-24(28)14-20(15-25(26)32-3)13-21(16-29)27(31)30-22-9-11-23(12-10-22)33-17-19-7-5-4-6-8-19/h4-15,18H,17H2,1-3H3,(H,30,31)/b21-13+. The molecule has 0 spiro atoms. The van der Waals surface area contributed by atoms with Crippen LogP contribution in [0.5, 0.6) is 17.2 Å². The Labute approximate surface area is 204 Å². The van der Waals surface area contributed by atoms with Crippen molar-refractivity contribution in [3.63, 3.8) is 0 Å². The van der Waals surface area contributed by atoms with Crippen LogP contribution in [0, 0.1) is 11.3 Å². The molecular weight excluding hydrogens is 452 g/mol. The fourth-order valence-corrected chi connectivity index (χ4v) is 3.33. The third-order valence-electron chi connectivity index (χ3n) is 4.64. The van der Waals surface area contributed by atoms with Crippen molar-refractivity contribution in [2.45, 2.75) is 26.6 Å². The monoisotopic (exact) mass is 476 g/mol. The van der Waals surface area contributed by atoms with Gasteiger partial charge in [-0.2, -0.15) is 5.26 Å². The van der Waals surface area contributed by atoms with Gasteiger partial charge in [-0.3, -0.25) is 4.79 Å². The number of hydrogen-bond donors (Lipinski definition) is 1. The first-order valence-electron chi connectivity index (χ1n) is 10.6. The van der Waals surface area contributed by atoms with E-state index < -0.39 is 5.91 Å². The molecule has 3 aromatic rings. The molecule has 0 aromatic heterocycles. The lowest BCUT2D eigenvalue weighted by Crippen LogP contribution is -2.13. The number of ether oxygens (including phenoxy) is 3. The molecule has 1 amide bonds. The average molecular weight is 477 g/mol. The summed E-state index contributed by atoms with van der Waals surface area (Å²) < 4.78 is 16.8. The number of carbonyl (C=O) groups is 1. The van der Waals surface area contributed by atoms with Gasteiger partial charge >= 0.3 is 0 Å². The maximum atomic E-state index is 12.7. The quantitative estimate of drug-likeness (QED) is 0.291. The Kier molecular flexibility index (Phi) is 8.55. The fraction of sp³-hybridized carbons (Fsp3) is 0.185. The van der Waals surface area contributed by atoms with E-state index in [0.29, 0.717) is 40.1 Å². The molecule has 34 heavy (non-hydrogen) atoms. The van der Waals surface area contributed by atoms with E-state index in [-0.39, 0.29) is 11.7 Å². The molecule has 0 saturated heterocycles. The lowest BCUT2D eigenvalue weighted by Gasteiger charge is -2.15. The predicted molar refractivity (Wildman–Crippen MR) is 133 cm³/mol. The molecule has 3 rings (SSSR count). The van der Waals surface area contributed by atoms with Crippen molar-refractivity contribution >= 4 is 29.3 Å². The number of rotatable bonds is 9. The summed E-state index contributed by atoms with van der Waals surface area (Å²) in [7, 11) is 1.50. The minimum Gasteiger partial charge on any atom is -0.493 e. The molecule has 6 nitrogen and oxygen atoms in total. The molecule has 0 saturated carbocycles. The van der Waals surface area contributed by atoms with E-state index in [4.69, 9.17) is 25.8 Å². The summed E-state index contributed by atoms with van der Waals surface area (Å²) in [4.78, 5) is 12.7. The molecule has 0 unspecified atom stereocenters. The third kappa shape index (κ3) is 6.77. The van der Waals surface area contributed by atoms with E-state index in [1.54, 1.807) is 36.4 Å². The van der Waals surface area contributed by atoms with Crippen LogP contribution >= 0.6 is 11.6 Å². The van der Waals surface area contributed by atoms with Gasteiger partial charge in [0.25, 0.3) is 5.91 Å². The lowest BCUT2D eigenvalue weighted by molar-refractivity contribution is -0.112. The summed E-state index contributed by atoms with van der Waals surface area (Å²) >= 11 is 6.34. The summed E-state index contributed by atoms with van der Waals surface area (Å²) in [5, 5.41) is 12.6. The first-order chi connectivity index (χ1) is 16.4. The molecule has 0 aliphatic carbocycles. The van der Waals surface area contributed by atoms with Crippen molar-refractivity contribution < 1.29 is 19.0 Å². The number of nitrogens with zero attached hydrogens (tertiary/aromatic N) is 1. The van der Waals surface area contributed by atoms with Crippen molar-refractivity contribution in [1.82, 2.24) is 0 Å². The van der Waals surface area contributed by atoms with Gasteiger partial charge < -0.3 is 19.5 Å². The molecule has 0 aliphatic heterocycles. The summed E-state index contributed by atoms with van der Waals surface area (Å²) in [6, 6.07) is 22.0. The van der Waals surface area contributed by atoms with Crippen LogP contribution in [0.25, 0.3) is 6.08 Å². The lowest BCUT2D eigenvalue weighted by atomic mass is 10.1. The second kappa shape index (κ2) is 11.8. The van der Waals surface area contributed by atoms with Gasteiger partial charge in [-0.1, -0.05) is 41.9 Å². The molecule has 0 fully saturated rings. The number of nitriles is 1. The van der Waals surface area contributed by atoms with Crippen molar-refractivity contribution in [3.8, 4) is 23.3 Å². The highest BCUT2D eigenvalue weighted by Gasteiger charge is 2.15. The second-order valence-electron chi connectivity index (χ2n) is 7.62. The molecule has 0 atom stereocenters. The van der Waals surface area contributed by atoms with Crippen molar-refractivity contribution in [3.05, 3.63) is 88.5 Å². The predicted octanol–water partition coefficient (Wildman–Crippen LogP) is 6.26. The smallest absolute Gasteiger partial charge is 0.266 e. The normalized spacial score (nSPS) is 11.0. The van der Waals surface area contributed by atoms with E-state index in [9.17, 15) is 10.1 Å².